The van der Waals surface area contributed by atoms with Crippen molar-refractivity contribution in [3.05, 3.63) is 46.7 Å². The van der Waals surface area contributed by atoms with Gasteiger partial charge in [-0.3, -0.25) is 9.48 Å². The molecule has 3 rings (SSSR count). The van der Waals surface area contributed by atoms with Gasteiger partial charge >= 0.3 is 0 Å². The maximum Gasteiger partial charge on any atom is 0.235 e. The number of likely N-dealkylation sites (tertiary alicyclic amines) is 1. The fourth-order valence-electron chi connectivity index (χ4n) is 2.97. The predicted molar refractivity (Wildman–Crippen MR) is 94.7 cm³/mol. The van der Waals surface area contributed by atoms with Gasteiger partial charge in [0.2, 0.25) is 5.91 Å². The number of amides is 1. The number of thiocarbonyl (C=S) groups is 1. The number of aromatic nitrogens is 2. The molecule has 1 aliphatic rings. The fourth-order valence-corrected chi connectivity index (χ4v) is 3.55. The second-order valence-corrected chi connectivity index (χ2v) is 6.68. The molecule has 1 aromatic carbocycles. The Bertz CT molecular complexity index is 857. The first kappa shape index (κ1) is 17.8. The van der Waals surface area contributed by atoms with Crippen molar-refractivity contribution in [2.45, 2.75) is 5.92 Å². The van der Waals surface area contributed by atoms with Gasteiger partial charge in [-0.1, -0.05) is 29.9 Å². The van der Waals surface area contributed by atoms with Crippen LogP contribution in [0.2, 0.25) is 5.15 Å². The lowest BCUT2D eigenvalue weighted by molar-refractivity contribution is -0.118. The summed E-state index contributed by atoms with van der Waals surface area (Å²) in [5.41, 5.74) is 0.467. The molecule has 2 atom stereocenters. The van der Waals surface area contributed by atoms with Crippen LogP contribution < -0.4 is 5.32 Å². The van der Waals surface area contributed by atoms with Crippen molar-refractivity contribution < 1.29 is 13.6 Å². The lowest BCUT2D eigenvalue weighted by Crippen LogP contribution is -2.32. The molecule has 1 fully saturated rings. The van der Waals surface area contributed by atoms with Gasteiger partial charge in [-0.15, -0.1) is 0 Å². The minimum atomic E-state index is -1.11. The molecule has 1 aromatic heterocycles. The number of hydrogen-bond acceptors (Lipinski definition) is 3. The topological polar surface area (TPSA) is 50.2 Å². The van der Waals surface area contributed by atoms with Gasteiger partial charge in [0, 0.05) is 32.1 Å². The number of anilines is 1. The minimum Gasteiger partial charge on any atom is -0.368 e. The Morgan fingerprint density at radius 2 is 2.12 bits per heavy atom. The number of rotatable bonds is 3. The van der Waals surface area contributed by atoms with Gasteiger partial charge in [0.25, 0.3) is 0 Å². The van der Waals surface area contributed by atoms with Gasteiger partial charge < -0.3 is 10.2 Å². The van der Waals surface area contributed by atoms with E-state index in [1.165, 1.54) is 16.8 Å². The second kappa shape index (κ2) is 6.68. The zero-order valence-corrected chi connectivity index (χ0v) is 15.0. The molecular formula is C16H15ClF2N4OS. The van der Waals surface area contributed by atoms with E-state index >= 15 is 0 Å². The summed E-state index contributed by atoms with van der Waals surface area (Å²) in [6.07, 6.45) is 1.60. The van der Waals surface area contributed by atoms with E-state index in [4.69, 9.17) is 23.8 Å². The first-order valence-corrected chi connectivity index (χ1v) is 8.27. The van der Waals surface area contributed by atoms with Gasteiger partial charge in [-0.05, 0) is 12.1 Å². The number of halogens is 3. The first-order valence-electron chi connectivity index (χ1n) is 7.48. The zero-order chi connectivity index (χ0) is 18.3. The number of likely N-dealkylation sites (N-methyl/N-ethyl adjacent to an activating group) is 1. The summed E-state index contributed by atoms with van der Waals surface area (Å²) in [5.74, 6) is -3.71. The minimum absolute atomic E-state index is 0.224. The van der Waals surface area contributed by atoms with E-state index in [0.717, 1.165) is 6.07 Å². The molecule has 0 aliphatic carbocycles. The monoisotopic (exact) mass is 384 g/mol. The maximum atomic E-state index is 13.8. The normalized spacial score (nSPS) is 20.2. The van der Waals surface area contributed by atoms with Crippen LogP contribution in [0, 0.1) is 17.6 Å². The number of carbonyl (C=O) groups excluding carboxylic acids is 1. The molecule has 1 N–H and O–H groups in total. The fraction of sp³-hybridized carbons (Fsp3) is 0.312. The summed E-state index contributed by atoms with van der Waals surface area (Å²) in [4.78, 5) is 14.9. The van der Waals surface area contributed by atoms with E-state index in [1.807, 2.05) is 0 Å². The number of aryl methyl sites for hydroxylation is 1. The van der Waals surface area contributed by atoms with Crippen LogP contribution in [0.25, 0.3) is 0 Å². The standard InChI is InChI=1S/C16H15ClF2N4OS/c1-22-7-9(8-6-20-23(2)14(8)17)12(16(22)25)15(24)21-11-5-3-4-10(18)13(11)19/h3-6,9,12H,7H2,1-2H3,(H,21,24)/t9-,12+/m1/s1. The van der Waals surface area contributed by atoms with Crippen molar-refractivity contribution in [2.24, 2.45) is 13.0 Å². The lowest BCUT2D eigenvalue weighted by Gasteiger charge is -2.17. The molecule has 9 heteroatoms. The predicted octanol–water partition coefficient (Wildman–Crippen LogP) is 2.96. The van der Waals surface area contributed by atoms with Crippen LogP contribution >= 0.6 is 23.8 Å². The number of nitrogens with one attached hydrogen (secondary N) is 1. The van der Waals surface area contributed by atoms with Crippen LogP contribution in [0.5, 0.6) is 0 Å². The van der Waals surface area contributed by atoms with Crippen molar-refractivity contribution in [3.8, 4) is 0 Å². The Balaban J connectivity index is 1.92. The molecule has 2 aromatic rings. The smallest absolute Gasteiger partial charge is 0.235 e. The number of benzene rings is 1. The molecule has 0 spiro atoms. The molecule has 5 nitrogen and oxygen atoms in total. The van der Waals surface area contributed by atoms with Gasteiger partial charge in [-0.25, -0.2) is 8.78 Å². The SMILES string of the molecule is CN1C[C@H](c2cnn(C)c2Cl)[C@@H](C(=O)Nc2cccc(F)c2F)C1=S. The van der Waals surface area contributed by atoms with E-state index in [2.05, 4.69) is 10.4 Å². The molecule has 1 amide bonds. The summed E-state index contributed by atoms with van der Waals surface area (Å²) in [6, 6.07) is 3.60. The molecule has 0 radical (unpaired) electrons. The third-order valence-electron chi connectivity index (χ3n) is 4.30. The van der Waals surface area contributed by atoms with Crippen LogP contribution in [0.4, 0.5) is 14.5 Å². The van der Waals surface area contributed by atoms with E-state index in [1.54, 1.807) is 25.2 Å². The number of hydrogen-bond donors (Lipinski definition) is 1. The third kappa shape index (κ3) is 3.11. The summed E-state index contributed by atoms with van der Waals surface area (Å²) < 4.78 is 28.7. The largest absolute Gasteiger partial charge is 0.368 e. The zero-order valence-electron chi connectivity index (χ0n) is 13.5. The van der Waals surface area contributed by atoms with Crippen LogP contribution in [0.3, 0.4) is 0 Å². The van der Waals surface area contributed by atoms with Crippen molar-refractivity contribution in [2.75, 3.05) is 18.9 Å². The molecule has 0 bridgehead atoms. The number of carbonyl (C=O) groups is 1. The molecule has 2 heterocycles. The molecule has 132 valence electrons. The van der Waals surface area contributed by atoms with E-state index in [9.17, 15) is 13.6 Å². The third-order valence-corrected chi connectivity index (χ3v) is 5.33. The maximum absolute atomic E-state index is 13.8. The van der Waals surface area contributed by atoms with E-state index in [0.29, 0.717) is 22.2 Å². The van der Waals surface area contributed by atoms with Gasteiger partial charge in [-0.2, -0.15) is 5.10 Å². The molecular weight excluding hydrogens is 370 g/mol. The summed E-state index contributed by atoms with van der Waals surface area (Å²) in [5, 5.41) is 6.94. The lowest BCUT2D eigenvalue weighted by atomic mass is 9.90. The molecule has 0 saturated carbocycles. The highest BCUT2D eigenvalue weighted by atomic mass is 35.5. The van der Waals surface area contributed by atoms with Crippen LogP contribution in [0.15, 0.2) is 24.4 Å². The Morgan fingerprint density at radius 1 is 1.40 bits per heavy atom. The molecule has 1 aliphatic heterocycles. The van der Waals surface area contributed by atoms with E-state index in [-0.39, 0.29) is 11.6 Å². The Morgan fingerprint density at radius 3 is 2.76 bits per heavy atom. The Labute approximate surface area is 153 Å². The summed E-state index contributed by atoms with van der Waals surface area (Å²) in [7, 11) is 3.47. The van der Waals surface area contributed by atoms with Crippen LogP contribution in [0.1, 0.15) is 11.5 Å². The van der Waals surface area contributed by atoms with Crippen LogP contribution in [-0.2, 0) is 11.8 Å². The average molecular weight is 385 g/mol. The molecule has 1 saturated heterocycles. The molecule has 25 heavy (non-hydrogen) atoms. The summed E-state index contributed by atoms with van der Waals surface area (Å²) in [6.45, 7) is 0.480. The Kier molecular flexibility index (Phi) is 4.75. The Hall–Kier alpha value is -2.06. The highest BCUT2D eigenvalue weighted by molar-refractivity contribution is 7.80. The number of nitrogens with zero attached hydrogens (tertiary/aromatic N) is 3. The van der Waals surface area contributed by atoms with Gasteiger partial charge in [0.15, 0.2) is 11.6 Å². The van der Waals surface area contributed by atoms with E-state index < -0.39 is 23.5 Å². The first-order chi connectivity index (χ1) is 11.8. The highest BCUT2D eigenvalue weighted by Gasteiger charge is 2.43. The second-order valence-electron chi connectivity index (χ2n) is 5.91. The molecule has 0 unspecified atom stereocenters. The highest BCUT2D eigenvalue weighted by Crippen LogP contribution is 2.37. The quantitative estimate of drug-likeness (QED) is 0.827. The summed E-state index contributed by atoms with van der Waals surface area (Å²) >= 11 is 11.6. The van der Waals surface area contributed by atoms with Crippen molar-refractivity contribution in [1.29, 1.82) is 0 Å². The van der Waals surface area contributed by atoms with Crippen LogP contribution in [-0.4, -0.2) is 39.2 Å². The van der Waals surface area contributed by atoms with Crippen molar-refractivity contribution in [3.63, 3.8) is 0 Å². The van der Waals surface area contributed by atoms with Crippen molar-refractivity contribution in [1.82, 2.24) is 14.7 Å². The van der Waals surface area contributed by atoms with Gasteiger partial charge in [0.05, 0.1) is 22.8 Å². The van der Waals surface area contributed by atoms with Gasteiger partial charge in [0.1, 0.15) is 5.15 Å². The van der Waals surface area contributed by atoms with Crippen molar-refractivity contribution >= 4 is 40.4 Å². The average Bonchev–Trinajstić information content (AvgIpc) is 3.04.